The largest absolute Gasteiger partial charge is 0.458 e. The Morgan fingerprint density at radius 1 is 1.29 bits per heavy atom. The van der Waals surface area contributed by atoms with Gasteiger partial charge in [0, 0.05) is 23.8 Å². The average molecular weight is 330 g/mol. The molecule has 24 heavy (non-hydrogen) atoms. The van der Waals surface area contributed by atoms with Crippen LogP contribution in [0.5, 0.6) is 0 Å². The second-order valence-corrected chi connectivity index (χ2v) is 7.72. The summed E-state index contributed by atoms with van der Waals surface area (Å²) in [5, 5.41) is 0. The monoisotopic (exact) mass is 330 g/mol. The molecule has 0 aromatic rings. The number of ether oxygens (including phenoxy) is 2. The van der Waals surface area contributed by atoms with Crippen molar-refractivity contribution in [3.05, 3.63) is 36.5 Å². The van der Waals surface area contributed by atoms with Crippen LogP contribution in [0.25, 0.3) is 0 Å². The van der Waals surface area contributed by atoms with Crippen LogP contribution >= 0.6 is 0 Å². The van der Waals surface area contributed by atoms with E-state index in [0.29, 0.717) is 18.4 Å². The molecule has 1 heterocycles. The Hall–Kier alpha value is -1.84. The molecule has 4 heteroatoms. The van der Waals surface area contributed by atoms with Crippen LogP contribution in [0.1, 0.15) is 39.5 Å². The topological polar surface area (TPSA) is 52.6 Å². The summed E-state index contributed by atoms with van der Waals surface area (Å²) in [4.78, 5) is 24.2. The highest BCUT2D eigenvalue weighted by Crippen LogP contribution is 2.52. The molecule has 0 amide bonds. The maximum absolute atomic E-state index is 12.2. The molecule has 130 valence electrons. The standard InChI is InChI=1S/C20H26O4/c1-10(2)8-17(21)23-16-9-15-13(5)20(22)24-19(15)18-11(3)6-7-14(18)12(16)4/h10,14-16,18-19H,3-9H2,1-2H3. The van der Waals surface area contributed by atoms with Gasteiger partial charge in [-0.3, -0.25) is 4.79 Å². The molecular formula is C20H26O4. The van der Waals surface area contributed by atoms with Gasteiger partial charge in [-0.15, -0.1) is 0 Å². The second-order valence-electron chi connectivity index (χ2n) is 7.72. The molecule has 2 saturated carbocycles. The number of hydrogen-bond donors (Lipinski definition) is 0. The number of rotatable bonds is 3. The van der Waals surface area contributed by atoms with Crippen LogP contribution in [0, 0.1) is 23.7 Å². The summed E-state index contributed by atoms with van der Waals surface area (Å²) in [7, 11) is 0. The molecule has 5 atom stereocenters. The van der Waals surface area contributed by atoms with Gasteiger partial charge in [-0.2, -0.15) is 0 Å². The number of fused-ring (bicyclic) bond motifs is 3. The summed E-state index contributed by atoms with van der Waals surface area (Å²) in [5.74, 6) is -0.199. The van der Waals surface area contributed by atoms with Crippen molar-refractivity contribution in [2.45, 2.75) is 51.7 Å². The zero-order valence-corrected chi connectivity index (χ0v) is 14.5. The van der Waals surface area contributed by atoms with Crippen LogP contribution < -0.4 is 0 Å². The van der Waals surface area contributed by atoms with Gasteiger partial charge in [0.05, 0.1) is 0 Å². The van der Waals surface area contributed by atoms with Crippen LogP contribution in [0.15, 0.2) is 36.5 Å². The van der Waals surface area contributed by atoms with Gasteiger partial charge in [0.15, 0.2) is 0 Å². The van der Waals surface area contributed by atoms with Crippen LogP contribution in [0.3, 0.4) is 0 Å². The van der Waals surface area contributed by atoms with Gasteiger partial charge in [-0.05, 0) is 36.7 Å². The Kier molecular flexibility index (Phi) is 4.41. The summed E-state index contributed by atoms with van der Waals surface area (Å²) in [5.41, 5.74) is 2.53. The van der Waals surface area contributed by atoms with E-state index in [1.54, 1.807) is 0 Å². The smallest absolute Gasteiger partial charge is 0.334 e. The van der Waals surface area contributed by atoms with Crippen molar-refractivity contribution in [2.75, 3.05) is 0 Å². The summed E-state index contributed by atoms with van der Waals surface area (Å²) >= 11 is 0. The first kappa shape index (κ1) is 17.0. The summed E-state index contributed by atoms with van der Waals surface area (Å²) < 4.78 is 11.4. The maximum Gasteiger partial charge on any atom is 0.334 e. The Morgan fingerprint density at radius 2 is 2.00 bits per heavy atom. The highest BCUT2D eigenvalue weighted by Gasteiger charge is 2.53. The molecule has 3 rings (SSSR count). The Balaban J connectivity index is 1.88. The lowest BCUT2D eigenvalue weighted by molar-refractivity contribution is -0.149. The first-order chi connectivity index (χ1) is 11.3. The van der Waals surface area contributed by atoms with Gasteiger partial charge < -0.3 is 9.47 Å². The van der Waals surface area contributed by atoms with E-state index in [2.05, 4.69) is 19.7 Å². The Morgan fingerprint density at radius 3 is 2.67 bits per heavy atom. The van der Waals surface area contributed by atoms with E-state index in [1.807, 2.05) is 13.8 Å². The minimum Gasteiger partial charge on any atom is -0.458 e. The molecule has 0 spiro atoms. The number of carbonyl (C=O) groups excluding carboxylic acids is 2. The third-order valence-electron chi connectivity index (χ3n) is 5.59. The van der Waals surface area contributed by atoms with E-state index < -0.39 is 0 Å². The van der Waals surface area contributed by atoms with Crippen molar-refractivity contribution in [1.29, 1.82) is 0 Å². The van der Waals surface area contributed by atoms with Gasteiger partial charge in [0.2, 0.25) is 0 Å². The third kappa shape index (κ3) is 2.83. The normalized spacial score (nSPS) is 35.5. The molecule has 0 bridgehead atoms. The van der Waals surface area contributed by atoms with E-state index in [0.717, 1.165) is 24.0 Å². The lowest BCUT2D eigenvalue weighted by Gasteiger charge is -2.26. The first-order valence-electron chi connectivity index (χ1n) is 8.75. The van der Waals surface area contributed by atoms with Gasteiger partial charge in [0.1, 0.15) is 12.2 Å². The van der Waals surface area contributed by atoms with Crippen molar-refractivity contribution in [3.8, 4) is 0 Å². The summed E-state index contributed by atoms with van der Waals surface area (Å²) in [6.45, 7) is 16.3. The predicted molar refractivity (Wildman–Crippen MR) is 91.0 cm³/mol. The molecule has 0 aromatic carbocycles. The molecule has 0 radical (unpaired) electrons. The minimum atomic E-state index is -0.379. The molecule has 1 aliphatic heterocycles. The van der Waals surface area contributed by atoms with E-state index >= 15 is 0 Å². The maximum atomic E-state index is 12.2. The Labute approximate surface area is 143 Å². The number of hydrogen-bond acceptors (Lipinski definition) is 4. The molecule has 3 aliphatic rings. The minimum absolute atomic E-state index is 0.0690. The SMILES string of the molecule is C=C1C(=O)OC2C1CC(OC(=O)CC(C)C)C(=C)C1CCC(=C)C12. The van der Waals surface area contributed by atoms with Crippen molar-refractivity contribution in [2.24, 2.45) is 23.7 Å². The van der Waals surface area contributed by atoms with Crippen LogP contribution in [0.2, 0.25) is 0 Å². The van der Waals surface area contributed by atoms with E-state index in [-0.39, 0.29) is 47.8 Å². The zero-order valence-electron chi connectivity index (χ0n) is 14.5. The van der Waals surface area contributed by atoms with Gasteiger partial charge in [0.25, 0.3) is 0 Å². The molecular weight excluding hydrogens is 304 g/mol. The summed E-state index contributed by atoms with van der Waals surface area (Å²) in [6.07, 6.45) is 2.11. The second kappa shape index (κ2) is 6.23. The van der Waals surface area contributed by atoms with Crippen molar-refractivity contribution in [3.63, 3.8) is 0 Å². The lowest BCUT2D eigenvalue weighted by Crippen LogP contribution is -2.28. The molecule has 0 N–H and O–H groups in total. The molecule has 2 aliphatic carbocycles. The fraction of sp³-hybridized carbons (Fsp3) is 0.600. The first-order valence-corrected chi connectivity index (χ1v) is 8.75. The van der Waals surface area contributed by atoms with Crippen LogP contribution in [0.4, 0.5) is 0 Å². The molecule has 0 aromatic heterocycles. The quantitative estimate of drug-likeness (QED) is 0.451. The lowest BCUT2D eigenvalue weighted by atomic mass is 9.82. The molecule has 1 saturated heterocycles. The van der Waals surface area contributed by atoms with Gasteiger partial charge >= 0.3 is 11.9 Å². The molecule has 5 unspecified atom stereocenters. The Bertz CT molecular complexity index is 615. The zero-order chi connectivity index (χ0) is 17.6. The van der Waals surface area contributed by atoms with Crippen LogP contribution in [-0.4, -0.2) is 24.1 Å². The summed E-state index contributed by atoms with van der Waals surface area (Å²) in [6, 6.07) is 0. The predicted octanol–water partition coefficient (Wildman–Crippen LogP) is 3.58. The molecule has 4 nitrogen and oxygen atoms in total. The van der Waals surface area contributed by atoms with E-state index in [1.165, 1.54) is 0 Å². The van der Waals surface area contributed by atoms with Crippen molar-refractivity contribution < 1.29 is 19.1 Å². The fourth-order valence-corrected chi connectivity index (χ4v) is 4.36. The van der Waals surface area contributed by atoms with E-state index in [4.69, 9.17) is 9.47 Å². The highest BCUT2D eigenvalue weighted by molar-refractivity contribution is 5.91. The molecule has 3 fully saturated rings. The van der Waals surface area contributed by atoms with Gasteiger partial charge in [-0.25, -0.2) is 4.79 Å². The van der Waals surface area contributed by atoms with Crippen molar-refractivity contribution in [1.82, 2.24) is 0 Å². The number of esters is 2. The number of carbonyl (C=O) groups is 2. The highest BCUT2D eigenvalue weighted by atomic mass is 16.6. The average Bonchev–Trinajstić information content (AvgIpc) is 2.96. The van der Waals surface area contributed by atoms with Gasteiger partial charge in [-0.1, -0.05) is 39.2 Å². The fourth-order valence-electron chi connectivity index (χ4n) is 4.36. The van der Waals surface area contributed by atoms with Crippen LogP contribution in [-0.2, 0) is 19.1 Å². The van der Waals surface area contributed by atoms with Crippen molar-refractivity contribution >= 4 is 11.9 Å². The third-order valence-corrected chi connectivity index (χ3v) is 5.59. The van der Waals surface area contributed by atoms with E-state index in [9.17, 15) is 9.59 Å².